The maximum Gasteiger partial charge on any atom is 0.411 e. The molecule has 1 aliphatic carbocycles. The minimum absolute atomic E-state index is 0.0586. The van der Waals surface area contributed by atoms with Crippen molar-refractivity contribution in [1.29, 1.82) is 0 Å². The number of halogens is 3. The Morgan fingerprint density at radius 2 is 2.13 bits per heavy atom. The lowest BCUT2D eigenvalue weighted by molar-refractivity contribution is -0.162. The monoisotopic (exact) mass is 219 g/mol. The van der Waals surface area contributed by atoms with Crippen molar-refractivity contribution in [2.45, 2.75) is 24.6 Å². The van der Waals surface area contributed by atoms with Gasteiger partial charge in [-0.05, 0) is 12.8 Å². The second-order valence-electron chi connectivity index (χ2n) is 3.48. The van der Waals surface area contributed by atoms with Crippen LogP contribution in [0.1, 0.15) is 12.8 Å². The van der Waals surface area contributed by atoms with Crippen molar-refractivity contribution in [3.05, 3.63) is 18.7 Å². The van der Waals surface area contributed by atoms with Gasteiger partial charge in [-0.25, -0.2) is 9.78 Å². The number of amides is 1. The Kier molecular flexibility index (Phi) is 1.99. The van der Waals surface area contributed by atoms with Crippen molar-refractivity contribution in [2.75, 3.05) is 0 Å². The summed E-state index contributed by atoms with van der Waals surface area (Å²) in [5.74, 6) is 0. The zero-order valence-electron chi connectivity index (χ0n) is 7.58. The van der Waals surface area contributed by atoms with Crippen molar-refractivity contribution in [3.8, 4) is 0 Å². The van der Waals surface area contributed by atoms with Gasteiger partial charge in [-0.3, -0.25) is 4.57 Å². The van der Waals surface area contributed by atoms with Crippen LogP contribution in [-0.4, -0.2) is 27.3 Å². The minimum atomic E-state index is -4.39. The quantitative estimate of drug-likeness (QED) is 0.778. The van der Waals surface area contributed by atoms with E-state index in [2.05, 4.69) is 4.98 Å². The second kappa shape index (κ2) is 2.98. The molecule has 1 aliphatic rings. The van der Waals surface area contributed by atoms with E-state index >= 15 is 0 Å². The largest absolute Gasteiger partial charge is 0.411 e. The summed E-state index contributed by atoms with van der Waals surface area (Å²) < 4.78 is 38.4. The van der Waals surface area contributed by atoms with Gasteiger partial charge in [0.25, 0.3) is 0 Å². The fraction of sp³-hybridized carbons (Fsp3) is 0.500. The normalized spacial score (nSPS) is 18.6. The van der Waals surface area contributed by atoms with Gasteiger partial charge >= 0.3 is 12.2 Å². The summed E-state index contributed by atoms with van der Waals surface area (Å²) in [5.41, 5.74) is -2.02. The molecule has 1 saturated carbocycles. The van der Waals surface area contributed by atoms with E-state index in [1.54, 1.807) is 0 Å². The van der Waals surface area contributed by atoms with Gasteiger partial charge in [0, 0.05) is 12.4 Å². The third kappa shape index (κ3) is 1.69. The topological polar surface area (TPSA) is 46.9 Å². The fourth-order valence-electron chi connectivity index (χ4n) is 1.25. The molecule has 1 aromatic rings. The van der Waals surface area contributed by atoms with Crippen molar-refractivity contribution >= 4 is 6.03 Å². The average Bonchev–Trinajstić information content (AvgIpc) is 2.74. The molecule has 0 aliphatic heterocycles. The molecule has 82 valence electrons. The van der Waals surface area contributed by atoms with Gasteiger partial charge in [0.05, 0.1) is 0 Å². The van der Waals surface area contributed by atoms with Crippen LogP contribution in [0.15, 0.2) is 18.7 Å². The first-order valence-corrected chi connectivity index (χ1v) is 4.32. The molecule has 0 atom stereocenters. The highest BCUT2D eigenvalue weighted by Gasteiger charge is 2.64. The molecule has 0 radical (unpaired) electrons. The van der Waals surface area contributed by atoms with Gasteiger partial charge < -0.3 is 5.32 Å². The van der Waals surface area contributed by atoms with E-state index in [0.717, 1.165) is 10.9 Å². The number of aromatic nitrogens is 2. The molecule has 0 spiro atoms. The Bertz CT molecular complexity index is 367. The molecule has 7 heteroatoms. The van der Waals surface area contributed by atoms with Crippen LogP contribution in [0, 0.1) is 0 Å². The lowest BCUT2D eigenvalue weighted by Gasteiger charge is -2.20. The Labute approximate surface area is 83.1 Å². The minimum Gasteiger partial charge on any atom is -0.323 e. The fourth-order valence-corrected chi connectivity index (χ4v) is 1.25. The highest BCUT2D eigenvalue weighted by Crippen LogP contribution is 2.48. The molecule has 1 fully saturated rings. The van der Waals surface area contributed by atoms with Crippen LogP contribution in [0.2, 0.25) is 0 Å². The van der Waals surface area contributed by atoms with Gasteiger partial charge in [0.1, 0.15) is 11.9 Å². The number of carbonyl (C=O) groups excluding carboxylic acids is 1. The number of alkyl halides is 3. The van der Waals surface area contributed by atoms with E-state index in [1.807, 2.05) is 5.32 Å². The molecule has 1 heterocycles. The Hall–Kier alpha value is -1.53. The highest BCUT2D eigenvalue weighted by atomic mass is 19.4. The number of nitrogens with one attached hydrogen (secondary N) is 1. The third-order valence-electron chi connectivity index (χ3n) is 2.38. The summed E-state index contributed by atoms with van der Waals surface area (Å²) in [6.45, 7) is 0. The molecule has 0 aromatic carbocycles. The van der Waals surface area contributed by atoms with Crippen LogP contribution in [0.5, 0.6) is 0 Å². The lowest BCUT2D eigenvalue weighted by Crippen LogP contribution is -2.49. The van der Waals surface area contributed by atoms with Crippen LogP contribution < -0.4 is 5.32 Å². The SMILES string of the molecule is O=C(NC1(C(F)(F)F)CC1)n1ccnc1. The molecule has 0 unspecified atom stereocenters. The second-order valence-corrected chi connectivity index (χ2v) is 3.48. The van der Waals surface area contributed by atoms with E-state index in [-0.39, 0.29) is 12.8 Å². The molecule has 2 rings (SSSR count). The molecule has 1 N–H and O–H groups in total. The Balaban J connectivity index is 2.08. The van der Waals surface area contributed by atoms with Gasteiger partial charge in [0.2, 0.25) is 0 Å². The summed E-state index contributed by atoms with van der Waals surface area (Å²) in [6.07, 6.45) is -0.729. The van der Waals surface area contributed by atoms with E-state index in [1.165, 1.54) is 12.4 Å². The molecular weight excluding hydrogens is 211 g/mol. The van der Waals surface area contributed by atoms with Gasteiger partial charge in [-0.1, -0.05) is 0 Å². The van der Waals surface area contributed by atoms with Gasteiger partial charge in [-0.15, -0.1) is 0 Å². The van der Waals surface area contributed by atoms with Crippen molar-refractivity contribution in [1.82, 2.24) is 14.9 Å². The van der Waals surface area contributed by atoms with E-state index in [0.29, 0.717) is 0 Å². The molecular formula is C8H8F3N3O. The standard InChI is InChI=1S/C8H8F3N3O/c9-8(10,11)7(1-2-7)13-6(15)14-4-3-12-5-14/h3-5H,1-2H2,(H,13,15). The van der Waals surface area contributed by atoms with E-state index < -0.39 is 17.7 Å². The number of imidazole rings is 1. The molecule has 1 aromatic heterocycles. The number of carbonyl (C=O) groups is 1. The Morgan fingerprint density at radius 1 is 1.47 bits per heavy atom. The van der Waals surface area contributed by atoms with Crippen LogP contribution >= 0.6 is 0 Å². The molecule has 0 bridgehead atoms. The predicted molar refractivity (Wildman–Crippen MR) is 44.2 cm³/mol. The van der Waals surface area contributed by atoms with E-state index in [4.69, 9.17) is 0 Å². The molecule has 4 nitrogen and oxygen atoms in total. The number of hydrogen-bond acceptors (Lipinski definition) is 2. The summed E-state index contributed by atoms with van der Waals surface area (Å²) in [5, 5.41) is 1.97. The van der Waals surface area contributed by atoms with Crippen LogP contribution in [0.25, 0.3) is 0 Å². The smallest absolute Gasteiger partial charge is 0.323 e. The zero-order chi connectivity index (χ0) is 11.1. The molecule has 15 heavy (non-hydrogen) atoms. The third-order valence-corrected chi connectivity index (χ3v) is 2.38. The average molecular weight is 219 g/mol. The van der Waals surface area contributed by atoms with Gasteiger partial charge in [0.15, 0.2) is 0 Å². The van der Waals surface area contributed by atoms with E-state index in [9.17, 15) is 18.0 Å². The zero-order valence-corrected chi connectivity index (χ0v) is 7.58. The number of hydrogen-bond donors (Lipinski definition) is 1. The first-order valence-electron chi connectivity index (χ1n) is 4.32. The van der Waals surface area contributed by atoms with Crippen molar-refractivity contribution < 1.29 is 18.0 Å². The first kappa shape index (κ1) is 10.0. The lowest BCUT2D eigenvalue weighted by atomic mass is 10.3. The maximum atomic E-state index is 12.5. The van der Waals surface area contributed by atoms with Crippen LogP contribution in [0.4, 0.5) is 18.0 Å². The molecule has 1 amide bonds. The summed E-state index contributed by atoms with van der Waals surface area (Å²) in [4.78, 5) is 14.9. The number of nitrogens with zero attached hydrogens (tertiary/aromatic N) is 2. The van der Waals surface area contributed by atoms with Crippen molar-refractivity contribution in [2.24, 2.45) is 0 Å². The Morgan fingerprint density at radius 3 is 2.53 bits per heavy atom. The highest BCUT2D eigenvalue weighted by molar-refractivity contribution is 5.77. The summed E-state index contributed by atoms with van der Waals surface area (Å²) in [7, 11) is 0. The first-order chi connectivity index (χ1) is 6.95. The predicted octanol–water partition coefficient (Wildman–Crippen LogP) is 1.54. The molecule has 0 saturated heterocycles. The van der Waals surface area contributed by atoms with Crippen molar-refractivity contribution in [3.63, 3.8) is 0 Å². The number of rotatable bonds is 1. The summed E-state index contributed by atoms with van der Waals surface area (Å²) in [6, 6.07) is -0.803. The van der Waals surface area contributed by atoms with Gasteiger partial charge in [-0.2, -0.15) is 13.2 Å². The van der Waals surface area contributed by atoms with Crippen LogP contribution in [0.3, 0.4) is 0 Å². The summed E-state index contributed by atoms with van der Waals surface area (Å²) >= 11 is 0. The maximum absolute atomic E-state index is 12.5. The van der Waals surface area contributed by atoms with Crippen LogP contribution in [-0.2, 0) is 0 Å².